The summed E-state index contributed by atoms with van der Waals surface area (Å²) < 4.78 is 49.2. The van der Waals surface area contributed by atoms with Gasteiger partial charge in [-0.05, 0) is 23.8 Å². The summed E-state index contributed by atoms with van der Waals surface area (Å²) >= 11 is 0. The topological polar surface area (TPSA) is 73.9 Å². The maximum atomic E-state index is 12.0. The Kier molecular flexibility index (Phi) is 7.76. The van der Waals surface area contributed by atoms with Gasteiger partial charge in [-0.3, -0.25) is 4.79 Å². The van der Waals surface area contributed by atoms with E-state index in [1.165, 1.54) is 25.3 Å². The maximum absolute atomic E-state index is 12.0. The van der Waals surface area contributed by atoms with Crippen molar-refractivity contribution in [3.63, 3.8) is 0 Å². The van der Waals surface area contributed by atoms with E-state index in [2.05, 4.69) is 10.1 Å². The lowest BCUT2D eigenvalue weighted by Crippen LogP contribution is -2.31. The largest absolute Gasteiger partial charge is 0.573 e. The molecule has 0 aliphatic carbocycles. The highest BCUT2D eigenvalue weighted by Crippen LogP contribution is 2.22. The maximum Gasteiger partial charge on any atom is 0.573 e. The summed E-state index contributed by atoms with van der Waals surface area (Å²) in [6.45, 7) is 0.202. The lowest BCUT2D eigenvalue weighted by Gasteiger charge is -2.08. The van der Waals surface area contributed by atoms with Crippen LogP contribution in [0.4, 0.5) is 13.2 Å². The number of hydrogen-bond acceptors (Lipinski definition) is 5. The van der Waals surface area contributed by atoms with Crippen LogP contribution in [-0.2, 0) is 19.1 Å². The van der Waals surface area contributed by atoms with E-state index in [1.807, 2.05) is 0 Å². The van der Waals surface area contributed by atoms with Crippen LogP contribution in [0.1, 0.15) is 5.56 Å². The van der Waals surface area contributed by atoms with Gasteiger partial charge in [0.1, 0.15) is 5.75 Å². The van der Waals surface area contributed by atoms with Crippen LogP contribution in [0.3, 0.4) is 0 Å². The molecule has 0 bridgehead atoms. The number of methoxy groups -OCH3 is 1. The zero-order valence-corrected chi connectivity index (χ0v) is 12.8. The van der Waals surface area contributed by atoms with E-state index in [4.69, 9.17) is 9.47 Å². The minimum absolute atomic E-state index is 0.301. The second-order valence-corrected chi connectivity index (χ2v) is 4.40. The number of hydrogen-bond donors (Lipinski definition) is 1. The Bertz CT molecular complexity index is 569. The van der Waals surface area contributed by atoms with E-state index in [9.17, 15) is 22.8 Å². The number of benzene rings is 1. The molecule has 0 aliphatic heterocycles. The Labute approximate surface area is 136 Å². The molecule has 0 spiro atoms. The first-order chi connectivity index (χ1) is 11.3. The second kappa shape index (κ2) is 9.56. The number of nitrogens with one attached hydrogen (secondary N) is 1. The first-order valence-corrected chi connectivity index (χ1v) is 6.76. The van der Waals surface area contributed by atoms with Crippen LogP contribution in [0.2, 0.25) is 0 Å². The Morgan fingerprint density at radius 1 is 1.21 bits per heavy atom. The molecule has 0 atom stereocenters. The fourth-order valence-corrected chi connectivity index (χ4v) is 1.47. The van der Waals surface area contributed by atoms with Gasteiger partial charge in [0.15, 0.2) is 6.61 Å². The first-order valence-electron chi connectivity index (χ1n) is 6.76. The Hall–Kier alpha value is -2.55. The lowest BCUT2D eigenvalue weighted by atomic mass is 10.2. The summed E-state index contributed by atoms with van der Waals surface area (Å²) in [5.74, 6) is -1.59. The predicted octanol–water partition coefficient (Wildman–Crippen LogP) is 1.90. The second-order valence-electron chi connectivity index (χ2n) is 4.40. The molecule has 0 saturated heterocycles. The molecule has 1 N–H and O–H groups in total. The molecule has 24 heavy (non-hydrogen) atoms. The Morgan fingerprint density at radius 3 is 2.46 bits per heavy atom. The number of rotatable bonds is 8. The van der Waals surface area contributed by atoms with Crippen molar-refractivity contribution in [1.82, 2.24) is 5.32 Å². The molecule has 0 saturated carbocycles. The quantitative estimate of drug-likeness (QED) is 0.442. The lowest BCUT2D eigenvalue weighted by molar-refractivity contribution is -0.274. The summed E-state index contributed by atoms with van der Waals surface area (Å²) in [6.07, 6.45) is -2.37. The average molecular weight is 347 g/mol. The van der Waals surface area contributed by atoms with Crippen LogP contribution in [0.25, 0.3) is 6.08 Å². The minimum atomic E-state index is -4.76. The smallest absolute Gasteiger partial charge is 0.452 e. The monoisotopic (exact) mass is 347 g/mol. The third-order valence-corrected chi connectivity index (χ3v) is 2.50. The van der Waals surface area contributed by atoms with E-state index in [-0.39, 0.29) is 5.75 Å². The molecule has 1 aromatic rings. The zero-order valence-electron chi connectivity index (χ0n) is 12.8. The van der Waals surface area contributed by atoms with Gasteiger partial charge in [-0.1, -0.05) is 12.1 Å². The third-order valence-electron chi connectivity index (χ3n) is 2.50. The van der Waals surface area contributed by atoms with Crippen molar-refractivity contribution in [1.29, 1.82) is 0 Å². The summed E-state index contributed by atoms with van der Waals surface area (Å²) in [5, 5.41) is 2.47. The van der Waals surface area contributed by atoms with Crippen molar-refractivity contribution < 1.29 is 37.0 Å². The van der Waals surface area contributed by atoms with Gasteiger partial charge in [0.05, 0.1) is 6.61 Å². The molecule has 0 radical (unpaired) electrons. The van der Waals surface area contributed by atoms with Gasteiger partial charge in [-0.15, -0.1) is 13.2 Å². The number of esters is 1. The molecule has 1 amide bonds. The van der Waals surface area contributed by atoms with Crippen LogP contribution in [0.5, 0.6) is 5.75 Å². The highest BCUT2D eigenvalue weighted by Gasteiger charge is 2.30. The standard InChI is InChI=1S/C15H16F3NO5/c1-22-9-8-19-13(20)10-23-14(21)7-4-11-2-5-12(6-3-11)24-15(16,17)18/h2-7H,8-10H2,1H3,(H,19,20)/b7-4+. The van der Waals surface area contributed by atoms with Crippen molar-refractivity contribution in [2.75, 3.05) is 26.9 Å². The van der Waals surface area contributed by atoms with E-state index in [0.717, 1.165) is 18.2 Å². The van der Waals surface area contributed by atoms with Gasteiger partial charge < -0.3 is 19.5 Å². The number of amides is 1. The molecular weight excluding hydrogens is 331 g/mol. The number of carbonyl (C=O) groups is 2. The van der Waals surface area contributed by atoms with Crippen molar-refractivity contribution >= 4 is 18.0 Å². The van der Waals surface area contributed by atoms with E-state index >= 15 is 0 Å². The molecule has 0 fully saturated rings. The highest BCUT2D eigenvalue weighted by molar-refractivity contribution is 5.89. The summed E-state index contributed by atoms with van der Waals surface area (Å²) in [5.41, 5.74) is 0.464. The fraction of sp³-hybridized carbons (Fsp3) is 0.333. The van der Waals surface area contributed by atoms with E-state index in [0.29, 0.717) is 18.7 Å². The number of ether oxygens (including phenoxy) is 3. The van der Waals surface area contributed by atoms with E-state index in [1.54, 1.807) is 0 Å². The van der Waals surface area contributed by atoms with Crippen molar-refractivity contribution in [2.45, 2.75) is 6.36 Å². The SMILES string of the molecule is COCCNC(=O)COC(=O)/C=C/c1ccc(OC(F)(F)F)cc1. The van der Waals surface area contributed by atoms with Gasteiger partial charge in [0, 0.05) is 19.7 Å². The number of halogens is 3. The van der Waals surface area contributed by atoms with Crippen molar-refractivity contribution in [3.05, 3.63) is 35.9 Å². The first kappa shape index (κ1) is 19.5. The molecule has 1 rings (SSSR count). The fourth-order valence-electron chi connectivity index (χ4n) is 1.47. The summed E-state index contributed by atoms with van der Waals surface area (Å²) in [4.78, 5) is 22.7. The molecular formula is C15H16F3NO5. The molecule has 1 aromatic carbocycles. The molecule has 132 valence electrons. The van der Waals surface area contributed by atoms with Crippen molar-refractivity contribution in [3.8, 4) is 5.75 Å². The summed E-state index contributed by atoms with van der Waals surface area (Å²) in [6, 6.07) is 4.90. The van der Waals surface area contributed by atoms with Crippen LogP contribution >= 0.6 is 0 Å². The molecule has 0 heterocycles. The van der Waals surface area contributed by atoms with Gasteiger partial charge in [-0.25, -0.2) is 4.79 Å². The van der Waals surface area contributed by atoms with Gasteiger partial charge in [-0.2, -0.15) is 0 Å². The van der Waals surface area contributed by atoms with Gasteiger partial charge >= 0.3 is 12.3 Å². The molecule has 0 aliphatic rings. The number of carbonyl (C=O) groups excluding carboxylic acids is 2. The van der Waals surface area contributed by atoms with Crippen LogP contribution in [0, 0.1) is 0 Å². The summed E-state index contributed by atoms with van der Waals surface area (Å²) in [7, 11) is 1.48. The minimum Gasteiger partial charge on any atom is -0.452 e. The third kappa shape index (κ3) is 8.79. The molecule has 9 heteroatoms. The normalized spacial score (nSPS) is 11.3. The van der Waals surface area contributed by atoms with Crippen LogP contribution < -0.4 is 10.1 Å². The average Bonchev–Trinajstić information content (AvgIpc) is 2.51. The Morgan fingerprint density at radius 2 is 1.88 bits per heavy atom. The highest BCUT2D eigenvalue weighted by atomic mass is 19.4. The van der Waals surface area contributed by atoms with Crippen molar-refractivity contribution in [2.24, 2.45) is 0 Å². The van der Waals surface area contributed by atoms with Crippen LogP contribution in [0.15, 0.2) is 30.3 Å². The van der Waals surface area contributed by atoms with Gasteiger partial charge in [0.25, 0.3) is 5.91 Å². The van der Waals surface area contributed by atoms with Crippen LogP contribution in [-0.4, -0.2) is 45.1 Å². The molecule has 0 unspecified atom stereocenters. The number of alkyl halides is 3. The van der Waals surface area contributed by atoms with E-state index < -0.39 is 24.8 Å². The van der Waals surface area contributed by atoms with Gasteiger partial charge in [0.2, 0.25) is 0 Å². The Balaban J connectivity index is 2.39. The zero-order chi connectivity index (χ0) is 18.0. The molecule has 0 aromatic heterocycles. The predicted molar refractivity (Wildman–Crippen MR) is 78.0 cm³/mol. The molecule has 6 nitrogen and oxygen atoms in total.